The van der Waals surface area contributed by atoms with Crippen molar-refractivity contribution >= 4 is 5.91 Å². The summed E-state index contributed by atoms with van der Waals surface area (Å²) in [4.78, 5) is 11.7. The van der Waals surface area contributed by atoms with Crippen molar-refractivity contribution in [1.82, 2.24) is 5.32 Å². The average Bonchev–Trinajstić information content (AvgIpc) is 2.47. The molecule has 0 aliphatic carbocycles. The summed E-state index contributed by atoms with van der Waals surface area (Å²) < 4.78 is 10.7. The van der Waals surface area contributed by atoms with Crippen LogP contribution in [-0.4, -0.2) is 38.4 Å². The van der Waals surface area contributed by atoms with E-state index < -0.39 is 0 Å². The lowest BCUT2D eigenvalue weighted by molar-refractivity contribution is -0.123. The predicted octanol–water partition coefficient (Wildman–Crippen LogP) is 0.632. The molecule has 0 saturated carbocycles. The number of rotatable bonds is 4. The van der Waals surface area contributed by atoms with Gasteiger partial charge in [-0.05, 0) is 17.7 Å². The Morgan fingerprint density at radius 3 is 2.79 bits per heavy atom. The maximum Gasteiger partial charge on any atom is 0.224 e. The van der Waals surface area contributed by atoms with E-state index in [4.69, 9.17) is 14.7 Å². The minimum Gasteiger partial charge on any atom is -0.376 e. The highest BCUT2D eigenvalue weighted by atomic mass is 16.6. The van der Waals surface area contributed by atoms with Gasteiger partial charge in [0.15, 0.2) is 0 Å². The van der Waals surface area contributed by atoms with Gasteiger partial charge in [-0.15, -0.1) is 0 Å². The van der Waals surface area contributed by atoms with Crippen molar-refractivity contribution in [3.05, 3.63) is 35.4 Å². The third-order valence-electron chi connectivity index (χ3n) is 2.86. The number of hydrogen-bond acceptors (Lipinski definition) is 4. The second kappa shape index (κ2) is 6.88. The third-order valence-corrected chi connectivity index (χ3v) is 2.86. The Hall–Kier alpha value is -1.90. The van der Waals surface area contributed by atoms with Gasteiger partial charge in [0.1, 0.15) is 0 Å². The lowest BCUT2D eigenvalue weighted by atomic mass is 10.1. The van der Waals surface area contributed by atoms with Crippen LogP contribution in [0.1, 0.15) is 11.1 Å². The summed E-state index contributed by atoms with van der Waals surface area (Å²) in [6.07, 6.45) is 0.248. The summed E-state index contributed by atoms with van der Waals surface area (Å²) >= 11 is 0. The molecule has 0 spiro atoms. The quantitative estimate of drug-likeness (QED) is 0.862. The van der Waals surface area contributed by atoms with E-state index in [9.17, 15) is 4.79 Å². The molecule has 0 aromatic heterocycles. The number of carbonyl (C=O) groups excluding carboxylic acids is 1. The molecule has 1 aliphatic rings. The second-order valence-electron chi connectivity index (χ2n) is 4.36. The topological polar surface area (TPSA) is 71.4 Å². The second-order valence-corrected chi connectivity index (χ2v) is 4.36. The van der Waals surface area contributed by atoms with Crippen LogP contribution in [0.15, 0.2) is 24.3 Å². The Bertz CT molecular complexity index is 459. The first kappa shape index (κ1) is 13.5. The monoisotopic (exact) mass is 260 g/mol. The molecular weight excluding hydrogens is 244 g/mol. The molecule has 1 fully saturated rings. The van der Waals surface area contributed by atoms with Crippen LogP contribution in [0.2, 0.25) is 0 Å². The molecule has 5 heteroatoms. The summed E-state index contributed by atoms with van der Waals surface area (Å²) in [5.74, 6) is -0.0566. The van der Waals surface area contributed by atoms with Crippen LogP contribution >= 0.6 is 0 Å². The minimum absolute atomic E-state index is 0.0566. The lowest BCUT2D eigenvalue weighted by Gasteiger charge is -2.23. The van der Waals surface area contributed by atoms with Gasteiger partial charge >= 0.3 is 0 Å². The SMILES string of the molecule is N#Cc1ccc(CC(=O)NCC2COCCO2)cc1. The maximum atomic E-state index is 11.7. The van der Waals surface area contributed by atoms with Crippen molar-refractivity contribution in [3.63, 3.8) is 0 Å². The molecule has 5 nitrogen and oxygen atoms in total. The summed E-state index contributed by atoms with van der Waals surface area (Å²) in [5, 5.41) is 11.5. The van der Waals surface area contributed by atoms with Gasteiger partial charge in [-0.25, -0.2) is 0 Å². The number of amides is 1. The predicted molar refractivity (Wildman–Crippen MR) is 68.4 cm³/mol. The number of ether oxygens (including phenoxy) is 2. The first-order chi connectivity index (χ1) is 9.28. The number of hydrogen-bond donors (Lipinski definition) is 1. The molecule has 1 aliphatic heterocycles. The van der Waals surface area contributed by atoms with Gasteiger partial charge in [0.2, 0.25) is 5.91 Å². The van der Waals surface area contributed by atoms with Crippen LogP contribution in [0.5, 0.6) is 0 Å². The van der Waals surface area contributed by atoms with Gasteiger partial charge in [0, 0.05) is 6.54 Å². The number of nitriles is 1. The van der Waals surface area contributed by atoms with Crippen LogP contribution in [0.3, 0.4) is 0 Å². The van der Waals surface area contributed by atoms with Crippen LogP contribution in [0.25, 0.3) is 0 Å². The van der Waals surface area contributed by atoms with Gasteiger partial charge in [0.25, 0.3) is 0 Å². The highest BCUT2D eigenvalue weighted by Crippen LogP contribution is 2.04. The molecule has 1 aromatic rings. The average molecular weight is 260 g/mol. The first-order valence-corrected chi connectivity index (χ1v) is 6.23. The summed E-state index contributed by atoms with van der Waals surface area (Å²) in [6.45, 7) is 2.19. The molecule has 1 atom stereocenters. The normalized spacial score (nSPS) is 18.6. The standard InChI is InChI=1S/C14H16N2O3/c15-8-12-3-1-11(2-4-12)7-14(17)16-9-13-10-18-5-6-19-13/h1-4,13H,5-7,9-10H2,(H,16,17). The van der Waals surface area contributed by atoms with Gasteiger partial charge in [-0.1, -0.05) is 12.1 Å². The van der Waals surface area contributed by atoms with Crippen LogP contribution < -0.4 is 5.32 Å². The maximum absolute atomic E-state index is 11.7. The molecule has 1 N–H and O–H groups in total. The van der Waals surface area contributed by atoms with Crippen LogP contribution in [0, 0.1) is 11.3 Å². The van der Waals surface area contributed by atoms with Gasteiger partial charge in [-0.2, -0.15) is 5.26 Å². The van der Waals surface area contributed by atoms with E-state index in [1.165, 1.54) is 0 Å². The molecule has 1 saturated heterocycles. The Morgan fingerprint density at radius 2 is 2.16 bits per heavy atom. The molecule has 1 amide bonds. The third kappa shape index (κ3) is 4.36. The summed E-state index contributed by atoms with van der Waals surface area (Å²) in [7, 11) is 0. The number of nitrogens with one attached hydrogen (secondary N) is 1. The minimum atomic E-state index is -0.0568. The zero-order chi connectivity index (χ0) is 13.5. The molecule has 1 aromatic carbocycles. The van der Waals surface area contributed by atoms with Gasteiger partial charge in [-0.3, -0.25) is 4.79 Å². The molecule has 19 heavy (non-hydrogen) atoms. The zero-order valence-electron chi connectivity index (χ0n) is 10.6. The molecular formula is C14H16N2O3. The molecule has 1 heterocycles. The van der Waals surface area contributed by atoms with Crippen molar-refractivity contribution in [3.8, 4) is 6.07 Å². The fraction of sp³-hybridized carbons (Fsp3) is 0.429. The molecule has 2 rings (SSSR count). The van der Waals surface area contributed by atoms with Crippen molar-refractivity contribution < 1.29 is 14.3 Å². The van der Waals surface area contributed by atoms with E-state index >= 15 is 0 Å². The zero-order valence-corrected chi connectivity index (χ0v) is 10.6. The van der Waals surface area contributed by atoms with Crippen molar-refractivity contribution in [2.75, 3.05) is 26.4 Å². The molecule has 0 bridgehead atoms. The summed E-state index contributed by atoms with van der Waals surface area (Å²) in [5.41, 5.74) is 1.48. The molecule has 0 radical (unpaired) electrons. The van der Waals surface area contributed by atoms with Gasteiger partial charge < -0.3 is 14.8 Å². The number of benzene rings is 1. The van der Waals surface area contributed by atoms with Crippen LogP contribution in [-0.2, 0) is 20.7 Å². The summed E-state index contributed by atoms with van der Waals surface area (Å²) in [6, 6.07) is 9.04. The highest BCUT2D eigenvalue weighted by Gasteiger charge is 2.15. The number of carbonyl (C=O) groups is 1. The lowest BCUT2D eigenvalue weighted by Crippen LogP contribution is -2.40. The van der Waals surface area contributed by atoms with E-state index in [0.29, 0.717) is 38.3 Å². The van der Waals surface area contributed by atoms with Gasteiger partial charge in [0.05, 0.1) is 44.0 Å². The Kier molecular flexibility index (Phi) is 4.90. The van der Waals surface area contributed by atoms with Crippen molar-refractivity contribution in [2.45, 2.75) is 12.5 Å². The first-order valence-electron chi connectivity index (χ1n) is 6.23. The van der Waals surface area contributed by atoms with E-state index in [1.807, 2.05) is 6.07 Å². The fourth-order valence-corrected chi connectivity index (χ4v) is 1.83. The fourth-order valence-electron chi connectivity index (χ4n) is 1.83. The van der Waals surface area contributed by atoms with E-state index in [0.717, 1.165) is 5.56 Å². The largest absolute Gasteiger partial charge is 0.376 e. The Balaban J connectivity index is 1.75. The Morgan fingerprint density at radius 1 is 1.37 bits per heavy atom. The Labute approximate surface area is 112 Å². The molecule has 100 valence electrons. The van der Waals surface area contributed by atoms with Crippen molar-refractivity contribution in [1.29, 1.82) is 5.26 Å². The van der Waals surface area contributed by atoms with E-state index in [-0.39, 0.29) is 12.0 Å². The van der Waals surface area contributed by atoms with E-state index in [2.05, 4.69) is 5.32 Å². The number of nitrogens with zero attached hydrogens (tertiary/aromatic N) is 1. The molecule has 1 unspecified atom stereocenters. The van der Waals surface area contributed by atoms with Crippen LogP contribution in [0.4, 0.5) is 0 Å². The van der Waals surface area contributed by atoms with Crippen molar-refractivity contribution in [2.24, 2.45) is 0 Å². The highest BCUT2D eigenvalue weighted by molar-refractivity contribution is 5.78. The van der Waals surface area contributed by atoms with E-state index in [1.54, 1.807) is 24.3 Å². The smallest absolute Gasteiger partial charge is 0.224 e.